The van der Waals surface area contributed by atoms with Gasteiger partial charge in [-0.2, -0.15) is 39.5 Å². The van der Waals surface area contributed by atoms with E-state index in [1.165, 1.54) is 11.1 Å². The third kappa shape index (κ3) is 6.14. The van der Waals surface area contributed by atoms with E-state index in [4.69, 9.17) is 0 Å². The average molecular weight is 719 g/mol. The van der Waals surface area contributed by atoms with Crippen LogP contribution in [0.2, 0.25) is 17.1 Å². The summed E-state index contributed by atoms with van der Waals surface area (Å²) in [6.07, 6.45) is -8.71. The first-order chi connectivity index (χ1) is 22.9. The molecule has 0 N–H and O–H groups in total. The Bertz CT molecular complexity index is 2190. The number of fused-ring (bicyclic) bond motifs is 4. The topological polar surface area (TPSA) is 0 Å². The minimum Gasteiger partial charge on any atom is -0.200 e. The second-order valence-electron chi connectivity index (χ2n) is 14.4. The molecule has 0 unspecified atom stereocenters. The molecule has 0 heterocycles. The lowest BCUT2D eigenvalue weighted by Gasteiger charge is -2.38. The number of halogens is 9. The van der Waals surface area contributed by atoms with E-state index in [-0.39, 0.29) is 0 Å². The van der Waals surface area contributed by atoms with Gasteiger partial charge in [-0.05, 0) is 147 Å². The van der Waals surface area contributed by atoms with Gasteiger partial charge in [0.25, 0.3) is 0 Å². The molecule has 0 bridgehead atoms. The Morgan fingerprint density at radius 1 is 0.540 bits per heavy atom. The number of hydrogen-bond donors (Lipinski definition) is 0. The van der Waals surface area contributed by atoms with Crippen molar-refractivity contribution in [3.8, 4) is 11.5 Å². The van der Waals surface area contributed by atoms with Gasteiger partial charge in [-0.15, -0.1) is 5.54 Å². The normalized spacial score (nSPS) is 13.7. The second kappa shape index (κ2) is 12.5. The second-order valence-corrected chi connectivity index (χ2v) is 19.5. The third-order valence-corrected chi connectivity index (χ3v) is 16.5. The number of aryl methyl sites for hydroxylation is 3. The van der Waals surface area contributed by atoms with Crippen LogP contribution in [0.5, 0.6) is 0 Å². The van der Waals surface area contributed by atoms with Gasteiger partial charge >= 0.3 is 23.9 Å². The first-order valence-electron chi connectivity index (χ1n) is 16.5. The fourth-order valence-corrected chi connectivity index (χ4v) is 11.3. The number of benzene rings is 5. The van der Waals surface area contributed by atoms with E-state index in [2.05, 4.69) is 67.8 Å². The Morgan fingerprint density at radius 3 is 1.38 bits per heavy atom. The first-order valence-corrected chi connectivity index (χ1v) is 18.9. The number of alkyl halides is 9. The van der Waals surface area contributed by atoms with Gasteiger partial charge in [0.1, 0.15) is 8.07 Å². The van der Waals surface area contributed by atoms with Gasteiger partial charge in [-0.3, -0.25) is 0 Å². The molecule has 0 spiro atoms. The summed E-state index contributed by atoms with van der Waals surface area (Å²) in [5.41, 5.74) is 7.17. The molecule has 266 valence electrons. The van der Waals surface area contributed by atoms with Crippen molar-refractivity contribution in [1.29, 1.82) is 0 Å². The Balaban J connectivity index is 1.64. The van der Waals surface area contributed by atoms with E-state index < -0.39 is 55.6 Å². The summed E-state index contributed by atoms with van der Waals surface area (Å²) in [5, 5.41) is 8.03. The highest BCUT2D eigenvalue weighted by atomic mass is 28.3. The lowest BCUT2D eigenvalue weighted by molar-refractivity contribution is -0.396. The molecule has 10 heteroatoms. The molecule has 0 aliphatic heterocycles. The zero-order valence-electron chi connectivity index (χ0n) is 29.2. The maximum Gasteiger partial charge on any atom is 0.460 e. The first kappa shape index (κ1) is 37.5. The van der Waals surface area contributed by atoms with E-state index in [0.717, 1.165) is 54.2 Å². The van der Waals surface area contributed by atoms with Gasteiger partial charge in [0.2, 0.25) is 0 Å². The van der Waals surface area contributed by atoms with Gasteiger partial charge in [0.15, 0.2) is 0 Å². The van der Waals surface area contributed by atoms with E-state index in [0.29, 0.717) is 5.56 Å². The molecular formula is C40H39F9Si. The van der Waals surface area contributed by atoms with Crippen LogP contribution in [0.1, 0.15) is 61.9 Å². The molecule has 0 atom stereocenters. The van der Waals surface area contributed by atoms with Crippen LogP contribution in [0.4, 0.5) is 39.5 Å². The molecule has 0 saturated heterocycles. The highest BCUT2D eigenvalue weighted by Crippen LogP contribution is 2.55. The fourth-order valence-electron chi connectivity index (χ4n) is 7.04. The third-order valence-electron chi connectivity index (χ3n) is 10.7. The summed E-state index contributed by atoms with van der Waals surface area (Å²) in [6, 6.07) is 18.3. The zero-order chi connectivity index (χ0) is 37.4. The minimum absolute atomic E-state index is 0.409. The Hall–Kier alpha value is -3.71. The summed E-state index contributed by atoms with van der Waals surface area (Å²) in [7, 11) is -3.38. The molecule has 50 heavy (non-hydrogen) atoms. The molecule has 0 amide bonds. The summed E-state index contributed by atoms with van der Waals surface area (Å²) in [4.78, 5) is 0. The Labute approximate surface area is 287 Å². The standard InChI is InChI=1S/C40H39F9Si/c1-22(2)50(23(3)4,12-10-37(41,42)38(43,44)39(45,46)40(47,48)49)11-9-35-27(8)26(7)15-34-20-32-18-30-16-28-13-24(5)25(6)14-29(28)17-31(30)19-33(32)21-36(34)35/h13-23H,10,12H2,1-8H3. The Kier molecular flexibility index (Phi) is 9.39. The average Bonchev–Trinajstić information content (AvgIpc) is 2.99. The van der Waals surface area contributed by atoms with Crippen molar-refractivity contribution < 1.29 is 39.5 Å². The minimum atomic E-state index is -6.91. The zero-order valence-corrected chi connectivity index (χ0v) is 30.2. The van der Waals surface area contributed by atoms with Gasteiger partial charge in [0, 0.05) is 12.0 Å². The molecule has 0 aromatic heterocycles. The lowest BCUT2D eigenvalue weighted by Crippen LogP contribution is -2.61. The van der Waals surface area contributed by atoms with E-state index >= 15 is 0 Å². The predicted molar refractivity (Wildman–Crippen MR) is 189 cm³/mol. The lowest BCUT2D eigenvalue weighted by atomic mass is 9.92. The van der Waals surface area contributed by atoms with Gasteiger partial charge in [0.05, 0.1) is 0 Å². The van der Waals surface area contributed by atoms with Crippen LogP contribution in [0.3, 0.4) is 0 Å². The van der Waals surface area contributed by atoms with Crippen LogP contribution in [-0.2, 0) is 0 Å². The fraction of sp³-hybridized carbons (Fsp3) is 0.400. The molecule has 0 aliphatic rings. The van der Waals surface area contributed by atoms with Crippen molar-refractivity contribution in [1.82, 2.24) is 0 Å². The summed E-state index contributed by atoms with van der Waals surface area (Å²) < 4.78 is 124. The van der Waals surface area contributed by atoms with E-state index in [9.17, 15) is 39.5 Å². The maximum atomic E-state index is 14.8. The van der Waals surface area contributed by atoms with E-state index in [1.807, 2.05) is 26.0 Å². The van der Waals surface area contributed by atoms with Crippen LogP contribution < -0.4 is 0 Å². The van der Waals surface area contributed by atoms with Crippen LogP contribution in [-0.4, -0.2) is 32.0 Å². The maximum absolute atomic E-state index is 14.8. The van der Waals surface area contributed by atoms with Crippen LogP contribution in [0.25, 0.3) is 43.1 Å². The summed E-state index contributed by atoms with van der Waals surface area (Å²) in [5.74, 6) is -16.0. The monoisotopic (exact) mass is 718 g/mol. The number of rotatable bonds is 7. The van der Waals surface area contributed by atoms with Crippen molar-refractivity contribution in [3.63, 3.8) is 0 Å². The van der Waals surface area contributed by atoms with Crippen LogP contribution in [0, 0.1) is 39.2 Å². The van der Waals surface area contributed by atoms with Crippen molar-refractivity contribution in [2.24, 2.45) is 0 Å². The molecule has 0 radical (unpaired) electrons. The molecule has 0 aliphatic carbocycles. The quantitative estimate of drug-likeness (QED) is 0.0680. The van der Waals surface area contributed by atoms with Gasteiger partial charge < -0.3 is 0 Å². The molecule has 5 aromatic carbocycles. The molecule has 5 rings (SSSR count). The van der Waals surface area contributed by atoms with Crippen molar-refractivity contribution in [2.45, 2.75) is 103 Å². The molecular weight excluding hydrogens is 680 g/mol. The molecule has 0 nitrogen and oxygen atoms in total. The largest absolute Gasteiger partial charge is 0.460 e. The number of hydrogen-bond acceptors (Lipinski definition) is 0. The summed E-state index contributed by atoms with van der Waals surface area (Å²) >= 11 is 0. The Morgan fingerprint density at radius 2 is 0.940 bits per heavy atom. The van der Waals surface area contributed by atoms with Crippen LogP contribution in [0.15, 0.2) is 54.6 Å². The predicted octanol–water partition coefficient (Wildman–Crippen LogP) is 13.6. The molecule has 5 aromatic rings. The van der Waals surface area contributed by atoms with E-state index in [1.54, 1.807) is 27.7 Å². The van der Waals surface area contributed by atoms with Crippen molar-refractivity contribution in [3.05, 3.63) is 82.4 Å². The SMILES string of the molecule is Cc1cc2cc3cc4cc5cc(C)c(C)c(C#C[Si](CCC(F)(F)C(F)(F)C(F)(F)C(F)(F)F)(C(C)C)C(C)C)c5cc4cc3cc2cc1C. The van der Waals surface area contributed by atoms with Gasteiger partial charge in [-0.1, -0.05) is 51.8 Å². The van der Waals surface area contributed by atoms with Crippen molar-refractivity contribution in [2.75, 3.05) is 0 Å². The smallest absolute Gasteiger partial charge is 0.200 e. The van der Waals surface area contributed by atoms with Crippen LogP contribution >= 0.6 is 0 Å². The van der Waals surface area contributed by atoms with Crippen molar-refractivity contribution >= 4 is 51.2 Å². The highest BCUT2D eigenvalue weighted by Gasteiger charge is 2.81. The van der Waals surface area contributed by atoms with Gasteiger partial charge in [-0.25, -0.2) is 0 Å². The molecule has 0 fully saturated rings. The molecule has 0 saturated carbocycles. The summed E-state index contributed by atoms with van der Waals surface area (Å²) in [6.45, 7) is 14.8. The highest BCUT2D eigenvalue weighted by molar-refractivity contribution is 6.89.